The molecule has 30 nitrogen and oxygen atoms in total. The van der Waals surface area contributed by atoms with E-state index in [0.29, 0.717) is 42.5 Å². The largest absolute Gasteiger partial charge is 0.480 e. The van der Waals surface area contributed by atoms with Crippen LogP contribution in [0.15, 0.2) is 107 Å². The Labute approximate surface area is 552 Å². The normalized spacial score (nSPS) is 19.6. The highest BCUT2D eigenvalue weighted by molar-refractivity contribution is 8.14. The van der Waals surface area contributed by atoms with E-state index in [9.17, 15) is 24.3 Å². The number of guanidine groups is 1. The smallest absolute Gasteiger partial charge is 0.326 e. The number of aliphatic imine (C=N–C) groups is 4. The monoisotopic (exact) mass is 1340 g/mol. The van der Waals surface area contributed by atoms with Gasteiger partial charge in [-0.05, 0) is 72.0 Å². The van der Waals surface area contributed by atoms with Gasteiger partial charge in [-0.15, -0.1) is 23.1 Å². The van der Waals surface area contributed by atoms with Gasteiger partial charge in [0.1, 0.15) is 89.7 Å². The van der Waals surface area contributed by atoms with Crippen LogP contribution in [0.4, 0.5) is 0 Å². The quantitative estimate of drug-likeness (QED) is 0.0155. The molecule has 0 bridgehead atoms. The molecule has 11 rings (SSSR count). The second-order valence-electron chi connectivity index (χ2n) is 23.6. The molecule has 0 spiro atoms. The van der Waals surface area contributed by atoms with Gasteiger partial charge in [-0.3, -0.25) is 24.4 Å². The predicted molar refractivity (Wildman–Crippen MR) is 349 cm³/mol. The van der Waals surface area contributed by atoms with Gasteiger partial charge in [0.25, 0.3) is 5.91 Å². The number of carbonyl (C=O) groups is 4. The Kier molecular flexibility index (Phi) is 20.2. The van der Waals surface area contributed by atoms with E-state index in [0.717, 1.165) is 28.5 Å². The predicted octanol–water partition coefficient (Wildman–Crippen LogP) is 7.77. The van der Waals surface area contributed by atoms with E-state index in [1.165, 1.54) is 36.4 Å². The van der Waals surface area contributed by atoms with Crippen LogP contribution in [-0.2, 0) is 30.3 Å². The van der Waals surface area contributed by atoms with Gasteiger partial charge < -0.3 is 73.4 Å². The number of aliphatic carboxylic acids is 1. The third-order valence-electron chi connectivity index (χ3n) is 16.5. The molecule has 500 valence electrons. The molecule has 6 unspecified atom stereocenters. The summed E-state index contributed by atoms with van der Waals surface area (Å²) in [6.07, 6.45) is 7.13. The van der Waals surface area contributed by atoms with Gasteiger partial charge in [0.15, 0.2) is 46.2 Å². The van der Waals surface area contributed by atoms with Crippen molar-refractivity contribution in [2.75, 3.05) is 26.4 Å². The number of amides is 3. The molecule has 10 heterocycles. The zero-order valence-electron chi connectivity index (χ0n) is 53.8. The summed E-state index contributed by atoms with van der Waals surface area (Å²) in [5.41, 5.74) is 13.3. The molecule has 0 saturated carbocycles. The topological polar surface area (TPSA) is 417 Å². The molecule has 8 aromatic rings. The molecule has 95 heavy (non-hydrogen) atoms. The summed E-state index contributed by atoms with van der Waals surface area (Å²) >= 11 is 3.12. The lowest BCUT2D eigenvalue weighted by atomic mass is 9.95. The van der Waals surface area contributed by atoms with Gasteiger partial charge in [-0.1, -0.05) is 70.9 Å². The fourth-order valence-electron chi connectivity index (χ4n) is 10.7. The average Bonchev–Trinajstić information content (AvgIpc) is 1.66. The van der Waals surface area contributed by atoms with E-state index in [-0.39, 0.29) is 130 Å². The minimum Gasteiger partial charge on any atom is -0.480 e. The minimum atomic E-state index is -1.19. The van der Waals surface area contributed by atoms with Gasteiger partial charge in [0, 0.05) is 24.1 Å². The maximum atomic E-state index is 14.5. The second kappa shape index (κ2) is 28.8. The van der Waals surface area contributed by atoms with Crippen LogP contribution in [-0.4, -0.2) is 160 Å². The number of ether oxygens (including phenoxy) is 2. The molecule has 1 aromatic carbocycles. The lowest BCUT2D eigenvalue weighted by Crippen LogP contribution is -2.51. The van der Waals surface area contributed by atoms with Gasteiger partial charge in [0.05, 0.1) is 11.1 Å². The molecule has 3 aliphatic heterocycles. The number of oxazole rings is 6. The van der Waals surface area contributed by atoms with Crippen molar-refractivity contribution < 1.29 is 60.3 Å². The average molecular weight is 1340 g/mol. The molecular weight excluding hydrogens is 1270 g/mol. The van der Waals surface area contributed by atoms with Crippen molar-refractivity contribution >= 4 is 69.6 Å². The van der Waals surface area contributed by atoms with E-state index in [1.54, 1.807) is 56.8 Å². The number of carbonyl (C=O) groups excluding carboxylic acids is 3. The molecule has 11 atom stereocenters. The SMILES string of the molecule is CC[C@H](C)[C@H](NC(=O)c1nc(-c2nc(-c3csc(C4N=C(C5CSC(C(CCCN=C(N)N)N(C)C)=N5)OC4C)n3)oc2C)oc1C)C(=O)N[C@H](c1nc(-c2nc(-c3nc(-c4nc(C5=NC(C(=O)N[C@@H](Cc6ccccc6)C(=O)O)C(C)O5)co4)co3)co2)co1)[C@@H](C)CC. The molecule has 3 aliphatic rings. The van der Waals surface area contributed by atoms with E-state index in [1.807, 2.05) is 60.2 Å². The molecular formula is C63H73N17O13S2. The standard InChI is InChI=1S/C63H73N17O13S2/c1-11-28(3)43(74-51(83)46-31(6)93-59(77-46)47-32(7)91-56(78-47)41-27-95-61(73-41)48-33(8)92-57(79-48)40-26-94-60(72-40)42(80(9)10)19-16-20-66-63(64)65)49(81)75-44(29(4)12-2)58-71-38(24-89-58)54-69-36(22-87-54)52-68-37(23-86-52)53-70-39(25-88-53)55-76-45(30(5)90-55)50(82)67-35(62(84)85)21-34-17-14-13-15-18-34/h13-15,17-18,22-25,27-30,33,35,40,42-45,48H,11-12,16,19-21,26H2,1-10H3,(H,67,82)(H,74,83)(H,75,81)(H,84,85)(H4,64,65,66)/t28-,29-,30?,33?,35-,40?,42?,43-,44-,45?,48?/m0/s1. The summed E-state index contributed by atoms with van der Waals surface area (Å²) < 4.78 is 47.6. The van der Waals surface area contributed by atoms with Gasteiger partial charge in [0.2, 0.25) is 59.0 Å². The zero-order chi connectivity index (χ0) is 67.4. The van der Waals surface area contributed by atoms with Crippen molar-refractivity contribution in [2.24, 2.45) is 43.3 Å². The van der Waals surface area contributed by atoms with Crippen molar-refractivity contribution in [1.82, 2.24) is 55.7 Å². The van der Waals surface area contributed by atoms with Crippen molar-refractivity contribution in [2.45, 2.75) is 142 Å². The highest BCUT2D eigenvalue weighted by Crippen LogP contribution is 2.38. The zero-order valence-corrected chi connectivity index (χ0v) is 55.4. The Hall–Kier alpha value is -9.82. The Balaban J connectivity index is 0.711. The maximum Gasteiger partial charge on any atom is 0.326 e. The van der Waals surface area contributed by atoms with Crippen molar-refractivity contribution in [3.63, 3.8) is 0 Å². The highest BCUT2D eigenvalue weighted by atomic mass is 32.2. The van der Waals surface area contributed by atoms with Crippen LogP contribution in [0.2, 0.25) is 0 Å². The minimum absolute atomic E-state index is 0.0215. The number of nitrogens with zero attached hydrogens (tertiary/aromatic N) is 12. The third kappa shape index (κ3) is 14.9. The Morgan fingerprint density at radius 3 is 2.07 bits per heavy atom. The first kappa shape index (κ1) is 66.6. The van der Waals surface area contributed by atoms with Crippen LogP contribution in [0.25, 0.3) is 57.9 Å². The molecule has 0 saturated heterocycles. The van der Waals surface area contributed by atoms with E-state index < -0.39 is 54.0 Å². The number of hydrogen-bond acceptors (Lipinski definition) is 26. The number of thioether (sulfide) groups is 1. The molecule has 3 amide bonds. The highest BCUT2D eigenvalue weighted by Gasteiger charge is 2.41. The van der Waals surface area contributed by atoms with Crippen molar-refractivity contribution in [1.29, 1.82) is 0 Å². The van der Waals surface area contributed by atoms with Crippen molar-refractivity contribution in [3.8, 4) is 57.9 Å². The number of carboxylic acids is 1. The number of thiazole rings is 1. The Morgan fingerprint density at radius 2 is 1.40 bits per heavy atom. The molecule has 8 N–H and O–H groups in total. The number of carboxylic acid groups (broad SMARTS) is 1. The molecule has 0 radical (unpaired) electrons. The lowest BCUT2D eigenvalue weighted by molar-refractivity contribution is -0.142. The fraction of sp³-hybridized carbons (Fsp3) is 0.444. The van der Waals surface area contributed by atoms with Crippen molar-refractivity contribution in [3.05, 3.63) is 100 Å². The second-order valence-corrected chi connectivity index (χ2v) is 25.5. The van der Waals surface area contributed by atoms with Crippen LogP contribution in [0.1, 0.15) is 123 Å². The number of nitrogens with two attached hydrogens (primary N) is 2. The van der Waals surface area contributed by atoms with Crippen LogP contribution < -0.4 is 27.4 Å². The summed E-state index contributed by atoms with van der Waals surface area (Å²) in [6, 6.07) is 4.47. The first-order chi connectivity index (χ1) is 45.6. The van der Waals surface area contributed by atoms with Gasteiger partial charge in [-0.25, -0.2) is 49.7 Å². The summed E-state index contributed by atoms with van der Waals surface area (Å²) in [6.45, 7) is 15.1. The van der Waals surface area contributed by atoms with Crippen LogP contribution in [0.5, 0.6) is 0 Å². The number of nitrogens with one attached hydrogen (secondary N) is 3. The summed E-state index contributed by atoms with van der Waals surface area (Å²) in [7, 11) is 4.07. The third-order valence-corrected chi connectivity index (χ3v) is 18.5. The summed E-state index contributed by atoms with van der Waals surface area (Å²) in [4.78, 5) is 107. The first-order valence-corrected chi connectivity index (χ1v) is 32.8. The lowest BCUT2D eigenvalue weighted by Gasteiger charge is -2.27. The summed E-state index contributed by atoms with van der Waals surface area (Å²) in [5, 5.41) is 22.0. The maximum absolute atomic E-state index is 14.5. The fourth-order valence-corrected chi connectivity index (χ4v) is 12.9. The Bertz CT molecular complexity index is 4190. The number of hydrogen-bond donors (Lipinski definition) is 6. The number of aryl methyl sites for hydroxylation is 2. The van der Waals surface area contributed by atoms with E-state index >= 15 is 0 Å². The van der Waals surface area contributed by atoms with Gasteiger partial charge >= 0.3 is 5.97 Å². The molecule has 32 heteroatoms. The van der Waals surface area contributed by atoms with E-state index in [2.05, 4.69) is 50.8 Å². The molecule has 7 aromatic heterocycles. The molecule has 0 fully saturated rings. The molecule has 0 aliphatic carbocycles. The van der Waals surface area contributed by atoms with Crippen LogP contribution in [0, 0.1) is 25.7 Å². The Morgan fingerprint density at radius 1 is 0.737 bits per heavy atom. The van der Waals surface area contributed by atoms with E-state index in [4.69, 9.17) is 72.4 Å². The van der Waals surface area contributed by atoms with Crippen LogP contribution >= 0.6 is 23.1 Å². The number of benzene rings is 1. The summed E-state index contributed by atoms with van der Waals surface area (Å²) in [5.74, 6) is -0.890. The first-order valence-electron chi connectivity index (χ1n) is 31.0. The van der Waals surface area contributed by atoms with Crippen LogP contribution in [0.3, 0.4) is 0 Å². The number of rotatable bonds is 28. The number of aromatic nitrogens is 7. The van der Waals surface area contributed by atoms with Gasteiger partial charge in [-0.2, -0.15) is 0 Å².